The third-order valence-corrected chi connectivity index (χ3v) is 8.31. The average molecular weight is 482 g/mol. The third-order valence-electron chi connectivity index (χ3n) is 8.31. The lowest BCUT2D eigenvalue weighted by Crippen LogP contribution is -2.68. The Bertz CT molecular complexity index is 1230. The van der Waals surface area contributed by atoms with Gasteiger partial charge in [-0.1, -0.05) is 31.2 Å². The molecule has 35 heavy (non-hydrogen) atoms. The van der Waals surface area contributed by atoms with E-state index in [1.807, 2.05) is 30.5 Å². The molecule has 3 fully saturated rings. The summed E-state index contributed by atoms with van der Waals surface area (Å²) in [6, 6.07) is 12.5. The molecule has 0 aliphatic carbocycles. The van der Waals surface area contributed by atoms with E-state index in [1.165, 1.54) is 6.07 Å². The number of aromatic nitrogens is 1. The Morgan fingerprint density at radius 1 is 1.14 bits per heavy atom. The maximum absolute atomic E-state index is 14.9. The van der Waals surface area contributed by atoms with Crippen LogP contribution in [0.5, 0.6) is 0 Å². The zero-order valence-corrected chi connectivity index (χ0v) is 20.1. The summed E-state index contributed by atoms with van der Waals surface area (Å²) in [5, 5.41) is 1.04. The maximum atomic E-state index is 14.9. The lowest BCUT2D eigenvalue weighted by molar-refractivity contribution is -0.986. The van der Waals surface area contributed by atoms with Gasteiger partial charge in [0.25, 0.3) is 0 Å². The number of benzene rings is 2. The van der Waals surface area contributed by atoms with Crippen molar-refractivity contribution in [2.45, 2.75) is 44.9 Å². The minimum absolute atomic E-state index is 0.0508. The van der Waals surface area contributed by atoms with E-state index in [0.717, 1.165) is 54.9 Å². The van der Waals surface area contributed by atoms with Crippen molar-refractivity contribution in [1.29, 1.82) is 0 Å². The highest BCUT2D eigenvalue weighted by molar-refractivity contribution is 5.82. The van der Waals surface area contributed by atoms with E-state index >= 15 is 0 Å². The van der Waals surface area contributed by atoms with E-state index in [1.54, 1.807) is 6.08 Å². The monoisotopic (exact) mass is 481 g/mol. The molecule has 3 saturated heterocycles. The molecule has 0 radical (unpaired) electrons. The van der Waals surface area contributed by atoms with Gasteiger partial charge in [-0.2, -0.15) is 0 Å². The predicted molar refractivity (Wildman–Crippen MR) is 131 cm³/mol. The van der Waals surface area contributed by atoms with Gasteiger partial charge in [0.1, 0.15) is 18.7 Å². The first-order valence-electron chi connectivity index (χ1n) is 12.5. The summed E-state index contributed by atoms with van der Waals surface area (Å²) in [5.74, 6) is -2.53. The number of hydrogen-bond donors (Lipinski definition) is 0. The summed E-state index contributed by atoms with van der Waals surface area (Å²) in [5.41, 5.74) is 2.19. The predicted octanol–water partition coefficient (Wildman–Crippen LogP) is 6.73. The molecule has 5 atom stereocenters. The number of hydrogen-bond acceptors (Lipinski definition) is 2. The van der Waals surface area contributed by atoms with Gasteiger partial charge in [0.2, 0.25) is 0 Å². The highest BCUT2D eigenvalue weighted by Crippen LogP contribution is 2.49. The summed E-state index contributed by atoms with van der Waals surface area (Å²) < 4.78 is 49.9. The van der Waals surface area contributed by atoms with Gasteiger partial charge in [-0.05, 0) is 42.2 Å². The molecule has 0 amide bonds. The number of nitrogens with zero attached hydrogens (tertiary/aromatic N) is 2. The van der Waals surface area contributed by atoms with Crippen LogP contribution in [0.1, 0.15) is 43.4 Å². The van der Waals surface area contributed by atoms with Gasteiger partial charge in [0, 0.05) is 35.9 Å². The number of para-hydroxylation sites is 1. The van der Waals surface area contributed by atoms with Crippen LogP contribution in [0.25, 0.3) is 10.9 Å². The van der Waals surface area contributed by atoms with Crippen LogP contribution in [-0.4, -0.2) is 35.2 Å². The average Bonchev–Trinajstić information content (AvgIpc) is 2.89. The van der Waals surface area contributed by atoms with Crippen molar-refractivity contribution in [2.75, 3.05) is 19.7 Å². The first-order chi connectivity index (χ1) is 17.0. The van der Waals surface area contributed by atoms with Gasteiger partial charge in [0.15, 0.2) is 17.5 Å². The van der Waals surface area contributed by atoms with Crippen LogP contribution in [0, 0.1) is 29.3 Å². The Labute approximate surface area is 204 Å². The van der Waals surface area contributed by atoms with Crippen LogP contribution < -0.4 is 0 Å². The Kier molecular flexibility index (Phi) is 6.69. The Hall–Kier alpha value is -2.70. The van der Waals surface area contributed by atoms with Crippen molar-refractivity contribution < 1.29 is 22.4 Å². The van der Waals surface area contributed by atoms with Gasteiger partial charge < -0.3 is 9.22 Å². The molecule has 0 spiro atoms. The van der Waals surface area contributed by atoms with Crippen molar-refractivity contribution in [3.05, 3.63) is 89.9 Å². The van der Waals surface area contributed by atoms with Crippen molar-refractivity contribution in [3.8, 4) is 0 Å². The molecule has 4 heterocycles. The van der Waals surface area contributed by atoms with E-state index in [9.17, 15) is 13.2 Å². The molecule has 3 aliphatic heterocycles. The minimum atomic E-state index is -1.39. The molecule has 0 saturated carbocycles. The second-order valence-electron chi connectivity index (χ2n) is 10.1. The molecule has 3 aliphatic rings. The van der Waals surface area contributed by atoms with Gasteiger partial charge in [-0.25, -0.2) is 13.2 Å². The SMILES string of the molecule is C=CCO[C@H](c1ccnc2ccccc12)C1CC2CC[N+]1(Cc1ccc(F)c(F)c1F)CC2CC. The summed E-state index contributed by atoms with van der Waals surface area (Å²) in [6.07, 6.45) is 6.35. The lowest BCUT2D eigenvalue weighted by atomic mass is 9.70. The fourth-order valence-electron chi connectivity index (χ4n) is 6.62. The van der Waals surface area contributed by atoms with E-state index < -0.39 is 17.5 Å². The van der Waals surface area contributed by atoms with Crippen LogP contribution in [0.4, 0.5) is 13.2 Å². The normalized spacial score (nSPS) is 26.7. The number of halogens is 3. The second kappa shape index (κ2) is 9.75. The fourth-order valence-corrected chi connectivity index (χ4v) is 6.62. The number of rotatable bonds is 8. The van der Waals surface area contributed by atoms with Crippen LogP contribution in [0.2, 0.25) is 0 Å². The lowest BCUT2D eigenvalue weighted by Gasteiger charge is -2.59. The van der Waals surface area contributed by atoms with E-state index in [2.05, 4.69) is 24.6 Å². The largest absolute Gasteiger partial charge is 0.363 e. The van der Waals surface area contributed by atoms with Gasteiger partial charge in [-0.3, -0.25) is 4.98 Å². The molecule has 1 aromatic heterocycles. The Balaban J connectivity index is 1.61. The van der Waals surface area contributed by atoms with Crippen molar-refractivity contribution in [3.63, 3.8) is 0 Å². The summed E-state index contributed by atoms with van der Waals surface area (Å²) >= 11 is 0. The molecule has 2 aromatic carbocycles. The van der Waals surface area contributed by atoms with Crippen LogP contribution in [0.15, 0.2) is 61.3 Å². The third kappa shape index (κ3) is 4.27. The summed E-state index contributed by atoms with van der Waals surface area (Å²) in [4.78, 5) is 4.53. The molecular weight excluding hydrogens is 449 g/mol. The Morgan fingerprint density at radius 2 is 1.97 bits per heavy atom. The van der Waals surface area contributed by atoms with E-state index in [-0.39, 0.29) is 17.7 Å². The molecule has 3 nitrogen and oxygen atoms in total. The van der Waals surface area contributed by atoms with E-state index in [0.29, 0.717) is 29.5 Å². The molecule has 0 N–H and O–H groups in total. The zero-order chi connectivity index (χ0) is 24.6. The molecule has 184 valence electrons. The summed E-state index contributed by atoms with van der Waals surface area (Å²) in [7, 11) is 0. The van der Waals surface area contributed by atoms with E-state index in [4.69, 9.17) is 4.74 Å². The molecule has 6 rings (SSSR count). The minimum Gasteiger partial charge on any atom is -0.363 e. The second-order valence-corrected chi connectivity index (χ2v) is 10.1. The van der Waals surface area contributed by atoms with Crippen LogP contribution >= 0.6 is 0 Å². The van der Waals surface area contributed by atoms with Gasteiger partial charge in [-0.15, -0.1) is 6.58 Å². The molecular formula is C29H32F3N2O+. The number of ether oxygens (including phenoxy) is 1. The maximum Gasteiger partial charge on any atom is 0.194 e. The van der Waals surface area contributed by atoms with Crippen molar-refractivity contribution in [2.24, 2.45) is 11.8 Å². The Morgan fingerprint density at radius 3 is 2.77 bits per heavy atom. The highest BCUT2D eigenvalue weighted by Gasteiger charge is 2.55. The zero-order valence-electron chi connectivity index (χ0n) is 20.1. The number of quaternary nitrogens is 1. The first-order valence-corrected chi connectivity index (χ1v) is 12.5. The van der Waals surface area contributed by atoms with Gasteiger partial charge in [0.05, 0.1) is 25.2 Å². The smallest absolute Gasteiger partial charge is 0.194 e. The van der Waals surface area contributed by atoms with Crippen molar-refractivity contribution >= 4 is 10.9 Å². The summed E-state index contributed by atoms with van der Waals surface area (Å²) in [6.45, 7) is 8.50. The first kappa shape index (κ1) is 24.0. The van der Waals surface area contributed by atoms with Crippen LogP contribution in [-0.2, 0) is 11.3 Å². The highest BCUT2D eigenvalue weighted by atomic mass is 19.2. The fraction of sp³-hybridized carbons (Fsp3) is 0.414. The molecule has 2 bridgehead atoms. The van der Waals surface area contributed by atoms with Crippen LogP contribution in [0.3, 0.4) is 0 Å². The standard InChI is InChI=1S/C29H32F3N2O/c1-3-15-35-29(23-11-13-33-25-8-6-5-7-22(23)25)26-16-20-12-14-34(26,17-19(20)4-2)18-21-9-10-24(30)28(32)27(21)31/h3,5-11,13,19-20,26,29H,1,4,12,14-18H2,2H3/q+1/t19?,20?,26?,29-,34?/m1/s1. The number of fused-ring (bicyclic) bond motifs is 4. The molecule has 6 heteroatoms. The molecule has 3 aromatic rings. The topological polar surface area (TPSA) is 22.1 Å². The quantitative estimate of drug-likeness (QED) is 0.202. The van der Waals surface area contributed by atoms with Crippen molar-refractivity contribution in [1.82, 2.24) is 4.98 Å². The number of piperidine rings is 3. The molecule has 4 unspecified atom stereocenters. The number of pyridine rings is 1. The van der Waals surface area contributed by atoms with Gasteiger partial charge >= 0.3 is 0 Å².